The molecule has 0 unspecified atom stereocenters. The van der Waals surface area contributed by atoms with Crippen LogP contribution in [-0.2, 0) is 4.79 Å². The number of carbonyl (C=O) groups excluding carboxylic acids is 2. The lowest BCUT2D eigenvalue weighted by Crippen LogP contribution is -2.36. The van der Waals surface area contributed by atoms with Crippen LogP contribution in [0.1, 0.15) is 15.9 Å². The molecule has 2 amide bonds. The van der Waals surface area contributed by atoms with Crippen molar-refractivity contribution in [2.45, 2.75) is 11.8 Å². The Morgan fingerprint density at radius 3 is 2.38 bits per heavy atom. The molecule has 0 bridgehead atoms. The highest BCUT2D eigenvalue weighted by Gasteiger charge is 2.08. The second-order valence-corrected chi connectivity index (χ2v) is 5.71. The highest BCUT2D eigenvalue weighted by molar-refractivity contribution is 7.80. The summed E-state index contributed by atoms with van der Waals surface area (Å²) in [7, 11) is 0. The molecule has 2 aromatic rings. The number of hydrogen-bond donors (Lipinski definition) is 3. The van der Waals surface area contributed by atoms with Crippen LogP contribution in [-0.4, -0.2) is 31.5 Å². The van der Waals surface area contributed by atoms with Gasteiger partial charge in [0.25, 0.3) is 11.8 Å². The maximum atomic E-state index is 12.0. The first kappa shape index (κ1) is 17.9. The molecule has 0 saturated carbocycles. The number of amides is 2. The Hall–Kier alpha value is -2.47. The lowest BCUT2D eigenvalue weighted by Gasteiger charge is -2.09. The minimum absolute atomic E-state index is 0.0590. The lowest BCUT2D eigenvalue weighted by molar-refractivity contribution is -0.123. The molecule has 0 spiro atoms. The number of nitrogens with one attached hydrogen (secondary N) is 2. The number of aryl methyl sites for hydroxylation is 1. The van der Waals surface area contributed by atoms with Crippen molar-refractivity contribution in [3.63, 3.8) is 0 Å². The summed E-state index contributed by atoms with van der Waals surface area (Å²) in [5.41, 5.74) is 1.64. The van der Waals surface area contributed by atoms with Crippen molar-refractivity contribution in [2.24, 2.45) is 0 Å². The maximum Gasteiger partial charge on any atom is 0.258 e. The van der Waals surface area contributed by atoms with E-state index in [1.807, 2.05) is 37.3 Å². The number of benzene rings is 2. The van der Waals surface area contributed by atoms with Crippen molar-refractivity contribution in [2.75, 3.05) is 19.7 Å². The van der Waals surface area contributed by atoms with Crippen molar-refractivity contribution >= 4 is 24.4 Å². The molecule has 6 heteroatoms. The molecule has 2 rings (SSSR count). The van der Waals surface area contributed by atoms with Gasteiger partial charge in [0, 0.05) is 18.0 Å². The highest BCUT2D eigenvalue weighted by Crippen LogP contribution is 2.12. The molecule has 0 atom stereocenters. The molecule has 2 aromatic carbocycles. The summed E-state index contributed by atoms with van der Waals surface area (Å²) in [6.07, 6.45) is 0. The van der Waals surface area contributed by atoms with Crippen molar-refractivity contribution in [3.05, 3.63) is 59.7 Å². The third kappa shape index (κ3) is 5.62. The summed E-state index contributed by atoms with van der Waals surface area (Å²) < 4.78 is 5.38. The monoisotopic (exact) mass is 344 g/mol. The molecule has 126 valence electrons. The first-order valence-corrected chi connectivity index (χ1v) is 8.03. The Kier molecular flexibility index (Phi) is 6.69. The first-order valence-electron chi connectivity index (χ1n) is 7.58. The van der Waals surface area contributed by atoms with Crippen molar-refractivity contribution in [3.8, 4) is 5.75 Å². The fourth-order valence-electron chi connectivity index (χ4n) is 1.97. The van der Waals surface area contributed by atoms with Crippen molar-refractivity contribution in [1.29, 1.82) is 0 Å². The molecule has 0 fully saturated rings. The van der Waals surface area contributed by atoms with Crippen LogP contribution >= 0.6 is 12.6 Å². The van der Waals surface area contributed by atoms with Crippen LogP contribution in [0.3, 0.4) is 0 Å². The van der Waals surface area contributed by atoms with Crippen LogP contribution in [0.25, 0.3) is 0 Å². The quantitative estimate of drug-likeness (QED) is 0.533. The van der Waals surface area contributed by atoms with E-state index in [4.69, 9.17) is 4.74 Å². The van der Waals surface area contributed by atoms with Gasteiger partial charge >= 0.3 is 0 Å². The Balaban J connectivity index is 1.65. The summed E-state index contributed by atoms with van der Waals surface area (Å²) in [5.74, 6) is 0.194. The summed E-state index contributed by atoms with van der Waals surface area (Å²) in [5, 5.41) is 5.42. The number of thiol groups is 1. The average molecular weight is 344 g/mol. The number of rotatable bonds is 7. The van der Waals surface area contributed by atoms with Gasteiger partial charge in [-0.05, 0) is 31.2 Å². The molecule has 2 N–H and O–H groups in total. The van der Waals surface area contributed by atoms with E-state index < -0.39 is 0 Å². The summed E-state index contributed by atoms with van der Waals surface area (Å²) in [4.78, 5) is 24.3. The van der Waals surface area contributed by atoms with Crippen molar-refractivity contribution in [1.82, 2.24) is 10.6 Å². The van der Waals surface area contributed by atoms with Crippen molar-refractivity contribution < 1.29 is 14.3 Å². The second-order valence-electron chi connectivity index (χ2n) is 5.22. The SMILES string of the molecule is Cc1ccc(OCC(=O)NCCNC(=O)c2ccccc2S)cc1. The van der Waals surface area contributed by atoms with Gasteiger partial charge in [-0.2, -0.15) is 0 Å². The van der Waals surface area contributed by atoms with E-state index in [-0.39, 0.29) is 18.4 Å². The maximum absolute atomic E-state index is 12.0. The topological polar surface area (TPSA) is 67.4 Å². The van der Waals surface area contributed by atoms with E-state index in [9.17, 15) is 9.59 Å². The molecular weight excluding hydrogens is 324 g/mol. The summed E-state index contributed by atoms with van der Waals surface area (Å²) in [6.45, 7) is 2.58. The average Bonchev–Trinajstić information content (AvgIpc) is 2.58. The molecule has 0 saturated heterocycles. The molecule has 0 radical (unpaired) electrons. The molecular formula is C18H20N2O3S. The zero-order chi connectivity index (χ0) is 17.4. The third-order valence-electron chi connectivity index (χ3n) is 3.27. The molecule has 0 aliphatic carbocycles. The normalized spacial score (nSPS) is 10.1. The Labute approximate surface area is 146 Å². The third-order valence-corrected chi connectivity index (χ3v) is 3.66. The van der Waals surface area contributed by atoms with Gasteiger partial charge in [-0.1, -0.05) is 29.8 Å². The van der Waals surface area contributed by atoms with E-state index in [2.05, 4.69) is 23.3 Å². The van der Waals surface area contributed by atoms with Gasteiger partial charge in [0.2, 0.25) is 0 Å². The molecule has 0 aliphatic heterocycles. The van der Waals surface area contributed by atoms with Gasteiger partial charge < -0.3 is 15.4 Å². The van der Waals surface area contributed by atoms with Crippen LogP contribution in [0.15, 0.2) is 53.4 Å². The van der Waals surface area contributed by atoms with Gasteiger partial charge in [-0.25, -0.2) is 0 Å². The Morgan fingerprint density at radius 2 is 1.67 bits per heavy atom. The van der Waals surface area contributed by atoms with Gasteiger partial charge in [0.05, 0.1) is 5.56 Å². The standard InChI is InChI=1S/C18H20N2O3S/c1-13-6-8-14(9-7-13)23-12-17(21)19-10-11-20-18(22)15-4-2-3-5-16(15)24/h2-9,24H,10-12H2,1H3,(H,19,21)(H,20,22). The lowest BCUT2D eigenvalue weighted by atomic mass is 10.2. The fraction of sp³-hybridized carbons (Fsp3) is 0.222. The number of hydrogen-bond acceptors (Lipinski definition) is 4. The summed E-state index contributed by atoms with van der Waals surface area (Å²) in [6, 6.07) is 14.5. The molecule has 0 aliphatic rings. The molecule has 5 nitrogen and oxygen atoms in total. The second kappa shape index (κ2) is 8.98. The van der Waals surface area contributed by atoms with E-state index in [1.165, 1.54) is 0 Å². The molecule has 24 heavy (non-hydrogen) atoms. The smallest absolute Gasteiger partial charge is 0.258 e. The summed E-state index contributed by atoms with van der Waals surface area (Å²) >= 11 is 4.24. The zero-order valence-electron chi connectivity index (χ0n) is 13.4. The van der Waals surface area contributed by atoms with Gasteiger partial charge in [0.1, 0.15) is 5.75 Å². The van der Waals surface area contributed by atoms with Gasteiger partial charge in [0.15, 0.2) is 6.61 Å². The van der Waals surface area contributed by atoms with E-state index >= 15 is 0 Å². The largest absolute Gasteiger partial charge is 0.484 e. The van der Waals surface area contributed by atoms with Crippen LogP contribution in [0.2, 0.25) is 0 Å². The Morgan fingerprint density at radius 1 is 1.00 bits per heavy atom. The van der Waals surface area contributed by atoms with Crippen LogP contribution in [0.4, 0.5) is 0 Å². The zero-order valence-corrected chi connectivity index (χ0v) is 14.3. The van der Waals surface area contributed by atoms with E-state index in [0.29, 0.717) is 29.3 Å². The molecule has 0 heterocycles. The van der Waals surface area contributed by atoms with Crippen LogP contribution in [0.5, 0.6) is 5.75 Å². The number of carbonyl (C=O) groups is 2. The predicted octanol–water partition coefficient (Wildman–Crippen LogP) is 2.21. The fourth-order valence-corrected chi connectivity index (χ4v) is 2.24. The highest BCUT2D eigenvalue weighted by atomic mass is 32.1. The van der Waals surface area contributed by atoms with Gasteiger partial charge in [-0.15, -0.1) is 12.6 Å². The predicted molar refractivity (Wildman–Crippen MR) is 95.7 cm³/mol. The first-order chi connectivity index (χ1) is 11.6. The minimum Gasteiger partial charge on any atom is -0.484 e. The van der Waals surface area contributed by atoms with E-state index in [1.54, 1.807) is 18.2 Å². The van der Waals surface area contributed by atoms with Crippen LogP contribution < -0.4 is 15.4 Å². The molecule has 0 aromatic heterocycles. The minimum atomic E-state index is -0.237. The van der Waals surface area contributed by atoms with Gasteiger partial charge in [-0.3, -0.25) is 9.59 Å². The van der Waals surface area contributed by atoms with Crippen LogP contribution in [0, 0.1) is 6.92 Å². The van der Waals surface area contributed by atoms with E-state index in [0.717, 1.165) is 5.56 Å². The number of ether oxygens (including phenoxy) is 1. The Bertz CT molecular complexity index is 702.